The van der Waals surface area contributed by atoms with Crippen molar-refractivity contribution >= 4 is 16.8 Å². The fraction of sp³-hybridized carbons (Fsp3) is 0.294. The zero-order chi connectivity index (χ0) is 15.2. The predicted molar refractivity (Wildman–Crippen MR) is 85.1 cm³/mol. The molecule has 2 heterocycles. The molecular formula is C17H19N3O. The van der Waals surface area contributed by atoms with Gasteiger partial charge in [0.15, 0.2) is 5.82 Å². The molecule has 0 aliphatic heterocycles. The minimum Gasteiger partial charge on any atom is -0.461 e. The topological polar surface area (TPSA) is 64.9 Å². The molecule has 1 aromatic carbocycles. The number of furan rings is 1. The molecule has 0 bridgehead atoms. The number of hydrogen-bond donors (Lipinski definition) is 1. The van der Waals surface area contributed by atoms with Crippen molar-refractivity contribution in [3.05, 3.63) is 41.8 Å². The Balaban J connectivity index is 2.28. The van der Waals surface area contributed by atoms with Gasteiger partial charge in [-0.25, -0.2) is 9.97 Å². The van der Waals surface area contributed by atoms with Gasteiger partial charge < -0.3 is 10.2 Å². The third-order valence-electron chi connectivity index (χ3n) is 3.51. The van der Waals surface area contributed by atoms with E-state index in [1.807, 2.05) is 37.3 Å². The predicted octanol–water partition coefficient (Wildman–Crippen LogP) is 4.08. The molecule has 3 rings (SSSR count). The number of fused-ring (bicyclic) bond motifs is 1. The summed E-state index contributed by atoms with van der Waals surface area (Å²) in [5, 5.41) is 1.01. The monoisotopic (exact) mass is 281 g/mol. The van der Waals surface area contributed by atoms with Crippen molar-refractivity contribution in [2.75, 3.05) is 5.73 Å². The van der Waals surface area contributed by atoms with E-state index in [1.54, 1.807) is 0 Å². The Morgan fingerprint density at radius 3 is 2.52 bits per heavy atom. The highest BCUT2D eigenvalue weighted by atomic mass is 16.3. The number of nitrogens with two attached hydrogens (primary N) is 1. The maximum absolute atomic E-state index is 5.97. The van der Waals surface area contributed by atoms with Gasteiger partial charge in [-0.1, -0.05) is 39.0 Å². The van der Waals surface area contributed by atoms with E-state index in [0.29, 0.717) is 11.6 Å². The van der Waals surface area contributed by atoms with Crippen molar-refractivity contribution in [1.82, 2.24) is 9.97 Å². The number of anilines is 1. The minimum absolute atomic E-state index is 0.0841. The van der Waals surface area contributed by atoms with Gasteiger partial charge in [0, 0.05) is 16.9 Å². The molecule has 0 aliphatic carbocycles. The fourth-order valence-electron chi connectivity index (χ4n) is 2.41. The second-order valence-electron chi connectivity index (χ2n) is 6.28. The normalized spacial score (nSPS) is 12.0. The molecular weight excluding hydrogens is 262 g/mol. The van der Waals surface area contributed by atoms with Crippen LogP contribution in [0.25, 0.3) is 22.4 Å². The maximum atomic E-state index is 5.97. The van der Waals surface area contributed by atoms with Crippen molar-refractivity contribution in [2.24, 2.45) is 0 Å². The van der Waals surface area contributed by atoms with Crippen LogP contribution in [0.1, 0.15) is 32.2 Å². The number of nitrogen functional groups attached to an aromatic ring is 1. The van der Waals surface area contributed by atoms with E-state index < -0.39 is 0 Å². The van der Waals surface area contributed by atoms with Crippen LogP contribution in [0.2, 0.25) is 0 Å². The van der Waals surface area contributed by atoms with Gasteiger partial charge in [0.1, 0.15) is 17.2 Å². The molecule has 0 saturated heterocycles. The van der Waals surface area contributed by atoms with Crippen LogP contribution in [0.3, 0.4) is 0 Å². The first-order chi connectivity index (χ1) is 9.86. The Labute approximate surface area is 124 Å². The Kier molecular flexibility index (Phi) is 2.97. The second kappa shape index (κ2) is 4.58. The summed E-state index contributed by atoms with van der Waals surface area (Å²) in [6.07, 6.45) is 0. The van der Waals surface area contributed by atoms with Crippen molar-refractivity contribution in [1.29, 1.82) is 0 Å². The average Bonchev–Trinajstić information content (AvgIpc) is 2.72. The van der Waals surface area contributed by atoms with Gasteiger partial charge in [-0.15, -0.1) is 0 Å². The number of aromatic nitrogens is 2. The third kappa shape index (κ3) is 2.37. The van der Waals surface area contributed by atoms with Crippen LogP contribution >= 0.6 is 0 Å². The van der Waals surface area contributed by atoms with Crippen LogP contribution in [0.5, 0.6) is 0 Å². The Morgan fingerprint density at radius 2 is 1.81 bits per heavy atom. The van der Waals surface area contributed by atoms with Gasteiger partial charge in [-0.2, -0.15) is 0 Å². The number of benzene rings is 1. The van der Waals surface area contributed by atoms with Gasteiger partial charge in [0.25, 0.3) is 0 Å². The Morgan fingerprint density at radius 1 is 1.10 bits per heavy atom. The van der Waals surface area contributed by atoms with Gasteiger partial charge in [0.05, 0.1) is 11.3 Å². The highest BCUT2D eigenvalue weighted by Gasteiger charge is 2.21. The number of rotatable bonds is 1. The van der Waals surface area contributed by atoms with Gasteiger partial charge in [-0.05, 0) is 13.0 Å². The molecule has 4 nitrogen and oxygen atoms in total. The first-order valence-corrected chi connectivity index (χ1v) is 7.00. The zero-order valence-electron chi connectivity index (χ0n) is 12.8. The van der Waals surface area contributed by atoms with E-state index in [9.17, 15) is 0 Å². The van der Waals surface area contributed by atoms with Crippen molar-refractivity contribution in [3.8, 4) is 11.4 Å². The summed E-state index contributed by atoms with van der Waals surface area (Å²) in [5.41, 5.74) is 8.58. The standard InChI is InChI=1S/C17H19N3O/c1-10-15(11-7-5-6-8-12(11)21-10)16-19-13(17(2,3)4)9-14(18)20-16/h5-9H,1-4H3,(H2,18,19,20). The van der Waals surface area contributed by atoms with E-state index in [0.717, 1.165) is 28.0 Å². The maximum Gasteiger partial charge on any atom is 0.165 e. The minimum atomic E-state index is -0.0841. The lowest BCUT2D eigenvalue weighted by molar-refractivity contribution is 0.566. The van der Waals surface area contributed by atoms with Crippen molar-refractivity contribution in [2.45, 2.75) is 33.1 Å². The van der Waals surface area contributed by atoms with Crippen molar-refractivity contribution < 1.29 is 4.42 Å². The summed E-state index contributed by atoms with van der Waals surface area (Å²) < 4.78 is 5.80. The molecule has 2 N–H and O–H groups in total. The summed E-state index contributed by atoms with van der Waals surface area (Å²) in [5.74, 6) is 1.92. The molecule has 4 heteroatoms. The van der Waals surface area contributed by atoms with Crippen LogP contribution < -0.4 is 5.73 Å². The quantitative estimate of drug-likeness (QED) is 0.730. The van der Waals surface area contributed by atoms with Crippen molar-refractivity contribution in [3.63, 3.8) is 0 Å². The lowest BCUT2D eigenvalue weighted by Gasteiger charge is -2.18. The molecule has 0 radical (unpaired) electrons. The second-order valence-corrected chi connectivity index (χ2v) is 6.28. The van der Waals surface area contributed by atoms with E-state index >= 15 is 0 Å². The average molecular weight is 281 g/mol. The van der Waals surface area contributed by atoms with Gasteiger partial charge >= 0.3 is 0 Å². The Bertz CT molecular complexity index is 813. The largest absolute Gasteiger partial charge is 0.461 e. The molecule has 0 saturated carbocycles. The zero-order valence-corrected chi connectivity index (χ0v) is 12.8. The van der Waals surface area contributed by atoms with E-state index in [-0.39, 0.29) is 5.41 Å². The first-order valence-electron chi connectivity index (χ1n) is 7.00. The molecule has 3 aromatic rings. The molecule has 21 heavy (non-hydrogen) atoms. The summed E-state index contributed by atoms with van der Waals surface area (Å²) >= 11 is 0. The number of nitrogens with zero attached hydrogens (tertiary/aromatic N) is 2. The van der Waals surface area contributed by atoms with Crippen LogP contribution in [0.4, 0.5) is 5.82 Å². The summed E-state index contributed by atoms with van der Waals surface area (Å²) in [4.78, 5) is 9.11. The molecule has 0 atom stereocenters. The van der Waals surface area contributed by atoms with E-state index in [4.69, 9.17) is 15.1 Å². The molecule has 2 aromatic heterocycles. The van der Waals surface area contributed by atoms with Crippen LogP contribution in [-0.4, -0.2) is 9.97 Å². The van der Waals surface area contributed by atoms with E-state index in [1.165, 1.54) is 0 Å². The molecule has 108 valence electrons. The third-order valence-corrected chi connectivity index (χ3v) is 3.51. The summed E-state index contributed by atoms with van der Waals surface area (Å²) in [6.45, 7) is 8.26. The highest BCUT2D eigenvalue weighted by Crippen LogP contribution is 2.34. The molecule has 0 spiro atoms. The van der Waals surface area contributed by atoms with Crippen LogP contribution in [-0.2, 0) is 5.41 Å². The Hall–Kier alpha value is -2.36. The van der Waals surface area contributed by atoms with Crippen LogP contribution in [0, 0.1) is 6.92 Å². The smallest absolute Gasteiger partial charge is 0.165 e. The SMILES string of the molecule is Cc1oc2ccccc2c1-c1nc(N)cc(C(C)(C)C)n1. The van der Waals surface area contributed by atoms with Gasteiger partial charge in [0.2, 0.25) is 0 Å². The fourth-order valence-corrected chi connectivity index (χ4v) is 2.41. The lowest BCUT2D eigenvalue weighted by Crippen LogP contribution is -2.15. The number of para-hydroxylation sites is 1. The van der Waals surface area contributed by atoms with E-state index in [2.05, 4.69) is 25.8 Å². The molecule has 0 amide bonds. The molecule has 0 fully saturated rings. The highest BCUT2D eigenvalue weighted by molar-refractivity contribution is 5.93. The number of aryl methyl sites for hydroxylation is 1. The lowest BCUT2D eigenvalue weighted by atomic mass is 9.91. The molecule has 0 aliphatic rings. The summed E-state index contributed by atoms with van der Waals surface area (Å²) in [7, 11) is 0. The summed E-state index contributed by atoms with van der Waals surface area (Å²) in [6, 6.07) is 9.74. The van der Waals surface area contributed by atoms with Gasteiger partial charge in [-0.3, -0.25) is 0 Å². The first kappa shape index (κ1) is 13.6. The number of hydrogen-bond acceptors (Lipinski definition) is 4. The molecule has 0 unspecified atom stereocenters. The van der Waals surface area contributed by atoms with Crippen LogP contribution in [0.15, 0.2) is 34.7 Å².